The molecule has 23 heavy (non-hydrogen) atoms. The fourth-order valence-electron chi connectivity index (χ4n) is 3.58. The van der Waals surface area contributed by atoms with Crippen molar-refractivity contribution in [3.8, 4) is 0 Å². The number of hydrogen-bond acceptors (Lipinski definition) is 5. The van der Waals surface area contributed by atoms with Crippen LogP contribution < -0.4 is 4.90 Å². The second-order valence-electron chi connectivity index (χ2n) is 6.89. The van der Waals surface area contributed by atoms with E-state index in [0.717, 1.165) is 62.9 Å². The first-order valence-corrected chi connectivity index (χ1v) is 8.54. The van der Waals surface area contributed by atoms with Gasteiger partial charge in [0.15, 0.2) is 0 Å². The lowest BCUT2D eigenvalue weighted by Gasteiger charge is -2.39. The molecule has 6 heteroatoms. The molecule has 0 spiro atoms. The summed E-state index contributed by atoms with van der Waals surface area (Å²) in [4.78, 5) is 27.4. The van der Waals surface area contributed by atoms with Gasteiger partial charge in [0.25, 0.3) is 0 Å². The van der Waals surface area contributed by atoms with Crippen molar-refractivity contribution in [3.63, 3.8) is 0 Å². The van der Waals surface area contributed by atoms with E-state index in [-0.39, 0.29) is 0 Å². The van der Waals surface area contributed by atoms with Gasteiger partial charge in [0.1, 0.15) is 5.82 Å². The Labute approximate surface area is 138 Å². The molecule has 6 nitrogen and oxygen atoms in total. The number of hydrogen-bond donors (Lipinski definition) is 0. The third kappa shape index (κ3) is 3.80. The summed E-state index contributed by atoms with van der Waals surface area (Å²) in [6.45, 7) is 10.1. The van der Waals surface area contributed by atoms with Crippen LogP contribution in [0.3, 0.4) is 0 Å². The number of aryl methyl sites for hydroxylation is 2. The molecule has 2 aliphatic heterocycles. The molecule has 2 aliphatic rings. The van der Waals surface area contributed by atoms with Crippen molar-refractivity contribution < 1.29 is 4.79 Å². The predicted molar refractivity (Wildman–Crippen MR) is 90.5 cm³/mol. The maximum absolute atomic E-state index is 11.6. The number of anilines is 1. The van der Waals surface area contributed by atoms with Crippen LogP contribution in [0.5, 0.6) is 0 Å². The van der Waals surface area contributed by atoms with Crippen LogP contribution in [0.4, 0.5) is 5.82 Å². The largest absolute Gasteiger partial charge is 0.353 e. The second-order valence-corrected chi connectivity index (χ2v) is 6.89. The van der Waals surface area contributed by atoms with Gasteiger partial charge in [-0.2, -0.15) is 0 Å². The molecule has 126 valence electrons. The minimum atomic E-state index is 0.291. The number of nitrogens with zero attached hydrogens (tertiary/aromatic N) is 5. The molecule has 0 bridgehead atoms. The third-order valence-corrected chi connectivity index (χ3v) is 4.96. The SMILES string of the molecule is Cc1cnc(C)c(N2CCN(CC3CCC(=O)N(C)C3)CC2)n1. The summed E-state index contributed by atoms with van der Waals surface area (Å²) >= 11 is 0. The zero-order chi connectivity index (χ0) is 16.4. The highest BCUT2D eigenvalue weighted by molar-refractivity contribution is 5.76. The standard InChI is InChI=1S/C17H27N5O/c1-13-10-18-14(2)17(19-13)22-8-6-21(7-9-22)12-15-4-5-16(23)20(3)11-15/h10,15H,4-9,11-12H2,1-3H3. The Kier molecular flexibility index (Phi) is 4.80. The van der Waals surface area contributed by atoms with Crippen LogP contribution >= 0.6 is 0 Å². The van der Waals surface area contributed by atoms with Crippen LogP contribution in [-0.2, 0) is 4.79 Å². The Morgan fingerprint density at radius 3 is 2.65 bits per heavy atom. The highest BCUT2D eigenvalue weighted by atomic mass is 16.2. The Bertz CT molecular complexity index is 568. The first-order chi connectivity index (χ1) is 11.0. The Morgan fingerprint density at radius 1 is 1.22 bits per heavy atom. The molecular formula is C17H27N5O. The normalized spacial score (nSPS) is 23.4. The van der Waals surface area contributed by atoms with E-state index in [4.69, 9.17) is 0 Å². The molecule has 0 aromatic carbocycles. The number of piperidine rings is 1. The van der Waals surface area contributed by atoms with Gasteiger partial charge in [-0.05, 0) is 26.2 Å². The molecule has 1 atom stereocenters. The molecule has 2 fully saturated rings. The van der Waals surface area contributed by atoms with Crippen LogP contribution in [0, 0.1) is 19.8 Å². The molecule has 1 aromatic heterocycles. The van der Waals surface area contributed by atoms with E-state index in [1.807, 2.05) is 32.0 Å². The minimum Gasteiger partial charge on any atom is -0.353 e. The Balaban J connectivity index is 1.52. The lowest BCUT2D eigenvalue weighted by molar-refractivity contribution is -0.133. The molecule has 1 amide bonds. The zero-order valence-electron chi connectivity index (χ0n) is 14.5. The number of amides is 1. The van der Waals surface area contributed by atoms with Gasteiger partial charge in [-0.1, -0.05) is 0 Å². The van der Waals surface area contributed by atoms with Crippen molar-refractivity contribution in [1.29, 1.82) is 0 Å². The first-order valence-electron chi connectivity index (χ1n) is 8.54. The fourth-order valence-corrected chi connectivity index (χ4v) is 3.58. The molecule has 3 rings (SSSR count). The van der Waals surface area contributed by atoms with Crippen molar-refractivity contribution in [2.24, 2.45) is 5.92 Å². The Morgan fingerprint density at radius 2 is 1.96 bits per heavy atom. The summed E-state index contributed by atoms with van der Waals surface area (Å²) in [7, 11) is 1.92. The summed E-state index contributed by atoms with van der Waals surface area (Å²) in [6, 6.07) is 0. The summed E-state index contributed by atoms with van der Waals surface area (Å²) in [5.41, 5.74) is 1.99. The second kappa shape index (κ2) is 6.83. The van der Waals surface area contributed by atoms with E-state index in [9.17, 15) is 4.79 Å². The molecule has 0 aliphatic carbocycles. The van der Waals surface area contributed by atoms with Crippen molar-refractivity contribution >= 4 is 11.7 Å². The molecule has 2 saturated heterocycles. The first kappa shape index (κ1) is 16.2. The Hall–Kier alpha value is -1.69. The summed E-state index contributed by atoms with van der Waals surface area (Å²) in [5, 5.41) is 0. The number of piperazine rings is 1. The number of aromatic nitrogens is 2. The summed E-state index contributed by atoms with van der Waals surface area (Å²) in [5.74, 6) is 1.94. The highest BCUT2D eigenvalue weighted by Gasteiger charge is 2.26. The molecule has 1 aromatic rings. The number of likely N-dealkylation sites (tertiary alicyclic amines) is 1. The monoisotopic (exact) mass is 317 g/mol. The summed E-state index contributed by atoms with van der Waals surface area (Å²) < 4.78 is 0. The third-order valence-electron chi connectivity index (χ3n) is 4.96. The average molecular weight is 317 g/mol. The van der Waals surface area contributed by atoms with Gasteiger partial charge in [0.2, 0.25) is 5.91 Å². The fraction of sp³-hybridized carbons (Fsp3) is 0.706. The van der Waals surface area contributed by atoms with E-state index in [1.54, 1.807) is 0 Å². The van der Waals surface area contributed by atoms with Gasteiger partial charge >= 0.3 is 0 Å². The highest BCUT2D eigenvalue weighted by Crippen LogP contribution is 2.20. The molecule has 0 N–H and O–H groups in total. The maximum atomic E-state index is 11.6. The van der Waals surface area contributed by atoms with Crippen LogP contribution in [0.15, 0.2) is 6.20 Å². The van der Waals surface area contributed by atoms with Crippen LogP contribution in [0.25, 0.3) is 0 Å². The van der Waals surface area contributed by atoms with Gasteiger partial charge in [-0.15, -0.1) is 0 Å². The van der Waals surface area contributed by atoms with E-state index in [1.165, 1.54) is 0 Å². The van der Waals surface area contributed by atoms with Crippen molar-refractivity contribution in [2.75, 3.05) is 51.2 Å². The van der Waals surface area contributed by atoms with Crippen LogP contribution in [-0.4, -0.2) is 72.0 Å². The zero-order valence-corrected chi connectivity index (χ0v) is 14.5. The maximum Gasteiger partial charge on any atom is 0.222 e. The average Bonchev–Trinajstić information content (AvgIpc) is 2.54. The molecule has 0 radical (unpaired) electrons. The van der Waals surface area contributed by atoms with Crippen molar-refractivity contribution in [1.82, 2.24) is 19.8 Å². The number of carbonyl (C=O) groups excluding carboxylic acids is 1. The number of rotatable bonds is 3. The van der Waals surface area contributed by atoms with Gasteiger partial charge in [-0.3, -0.25) is 14.7 Å². The lowest BCUT2D eigenvalue weighted by atomic mass is 9.97. The van der Waals surface area contributed by atoms with Gasteiger partial charge in [0, 0.05) is 58.9 Å². The lowest BCUT2D eigenvalue weighted by Crippen LogP contribution is -2.50. The van der Waals surface area contributed by atoms with E-state index >= 15 is 0 Å². The quantitative estimate of drug-likeness (QED) is 0.835. The van der Waals surface area contributed by atoms with Crippen molar-refractivity contribution in [2.45, 2.75) is 26.7 Å². The van der Waals surface area contributed by atoms with E-state index in [0.29, 0.717) is 18.2 Å². The minimum absolute atomic E-state index is 0.291. The van der Waals surface area contributed by atoms with Gasteiger partial charge in [0.05, 0.1) is 11.4 Å². The predicted octanol–water partition coefficient (Wildman–Crippen LogP) is 1.08. The van der Waals surface area contributed by atoms with Crippen molar-refractivity contribution in [3.05, 3.63) is 17.6 Å². The molecular weight excluding hydrogens is 290 g/mol. The smallest absolute Gasteiger partial charge is 0.222 e. The molecule has 0 saturated carbocycles. The topological polar surface area (TPSA) is 52.6 Å². The summed E-state index contributed by atoms with van der Waals surface area (Å²) in [6.07, 6.45) is 3.57. The molecule has 3 heterocycles. The van der Waals surface area contributed by atoms with E-state index in [2.05, 4.69) is 19.8 Å². The van der Waals surface area contributed by atoms with Crippen LogP contribution in [0.1, 0.15) is 24.2 Å². The van der Waals surface area contributed by atoms with Gasteiger partial charge < -0.3 is 9.80 Å². The van der Waals surface area contributed by atoms with Crippen LogP contribution in [0.2, 0.25) is 0 Å². The van der Waals surface area contributed by atoms with Gasteiger partial charge in [-0.25, -0.2) is 4.98 Å². The van der Waals surface area contributed by atoms with E-state index < -0.39 is 0 Å². The number of carbonyl (C=O) groups is 1. The molecule has 1 unspecified atom stereocenters.